The molecule has 0 fully saturated rings. The molecule has 0 spiro atoms. The Kier molecular flexibility index (Phi) is 5.58. The summed E-state index contributed by atoms with van der Waals surface area (Å²) in [6, 6.07) is 12.3. The quantitative estimate of drug-likeness (QED) is 0.379. The number of hydrogen-bond acceptors (Lipinski definition) is 3. The van der Waals surface area contributed by atoms with Gasteiger partial charge in [0.25, 0.3) is 0 Å². The van der Waals surface area contributed by atoms with Gasteiger partial charge >= 0.3 is 5.97 Å². The number of carbonyl (C=O) groups is 1. The minimum absolute atomic E-state index is 0.174. The van der Waals surface area contributed by atoms with Crippen molar-refractivity contribution in [2.24, 2.45) is 0 Å². The van der Waals surface area contributed by atoms with E-state index in [9.17, 15) is 10.0 Å². The minimum Gasteiger partial charge on any atom is -0.618 e. The Balaban J connectivity index is 2.26. The van der Waals surface area contributed by atoms with E-state index in [1.807, 2.05) is 24.3 Å². The van der Waals surface area contributed by atoms with E-state index >= 15 is 0 Å². The molecule has 2 aromatic carbocycles. The van der Waals surface area contributed by atoms with Crippen LogP contribution in [0, 0.1) is 12.1 Å². The molecule has 0 unspecified atom stereocenters. The van der Waals surface area contributed by atoms with Gasteiger partial charge in [0, 0.05) is 36.0 Å². The lowest BCUT2D eigenvalue weighted by Crippen LogP contribution is -2.21. The van der Waals surface area contributed by atoms with E-state index in [0.717, 1.165) is 29.1 Å². The zero-order valence-electron chi connectivity index (χ0n) is 14.2. The van der Waals surface area contributed by atoms with E-state index in [4.69, 9.17) is 5.11 Å². The van der Waals surface area contributed by atoms with E-state index in [2.05, 4.69) is 18.7 Å². The molecule has 1 N–H and O–H groups in total. The van der Waals surface area contributed by atoms with Crippen LogP contribution in [-0.4, -0.2) is 35.1 Å². The fourth-order valence-electron chi connectivity index (χ4n) is 2.60. The first kappa shape index (κ1) is 17.5. The normalized spacial score (nSPS) is 11.4. The Labute approximate surface area is 142 Å². The third kappa shape index (κ3) is 3.93. The minimum atomic E-state index is -1.00. The molecule has 0 radical (unpaired) electrons. The Morgan fingerprint density at radius 3 is 2.29 bits per heavy atom. The monoisotopic (exact) mass is 326 g/mol. The average Bonchev–Trinajstić information content (AvgIpc) is 2.57. The highest BCUT2D eigenvalue weighted by Gasteiger charge is 2.11. The number of benzene rings is 2. The summed E-state index contributed by atoms with van der Waals surface area (Å²) >= 11 is 0. The summed E-state index contributed by atoms with van der Waals surface area (Å²) in [5, 5.41) is 21.3. The van der Waals surface area contributed by atoms with E-state index in [0.29, 0.717) is 11.3 Å². The molecule has 0 aliphatic rings. The Morgan fingerprint density at radius 1 is 1.17 bits per heavy atom. The lowest BCUT2D eigenvalue weighted by molar-refractivity contribution is -0.355. The van der Waals surface area contributed by atoms with Crippen LogP contribution in [-0.2, 0) is 0 Å². The smallest absolute Gasteiger partial charge is 0.335 e. The highest BCUT2D eigenvalue weighted by Crippen LogP contribution is 2.20. The Hall–Kier alpha value is -2.82. The molecule has 0 heterocycles. The second-order valence-electron chi connectivity index (χ2n) is 5.53. The maximum atomic E-state index is 12.4. The predicted molar refractivity (Wildman–Crippen MR) is 96.6 cm³/mol. The number of aryl methyl sites for hydroxylation is 1. The molecular weight excluding hydrogens is 304 g/mol. The molecule has 0 saturated heterocycles. The van der Waals surface area contributed by atoms with Gasteiger partial charge in [-0.05, 0) is 57.2 Å². The predicted octanol–water partition coefficient (Wildman–Crippen LogP) is 3.80. The standard InChI is InChI=1S/C19H22N2O3/c1-4-20(5-2)17-9-6-15(7-10-17)13-21(24)18-11-8-16(19(22)23)12-14(18)3/h6-13H,4-5H2,1-3H3,(H,22,23). The number of hydrogen-bond donors (Lipinski definition) is 1. The highest BCUT2D eigenvalue weighted by atomic mass is 16.5. The van der Waals surface area contributed by atoms with Crippen LogP contribution in [0.3, 0.4) is 0 Å². The Morgan fingerprint density at radius 2 is 1.79 bits per heavy atom. The summed E-state index contributed by atoms with van der Waals surface area (Å²) in [5.74, 6) is -1.00. The number of carboxylic acid groups (broad SMARTS) is 1. The summed E-state index contributed by atoms with van der Waals surface area (Å²) < 4.78 is 0.771. The third-order valence-corrected chi connectivity index (χ3v) is 3.97. The van der Waals surface area contributed by atoms with Gasteiger partial charge < -0.3 is 15.2 Å². The molecule has 0 aromatic heterocycles. The second-order valence-corrected chi connectivity index (χ2v) is 5.53. The van der Waals surface area contributed by atoms with Gasteiger partial charge in [-0.15, -0.1) is 0 Å². The van der Waals surface area contributed by atoms with Crippen molar-refractivity contribution in [3.05, 3.63) is 64.4 Å². The molecule has 0 atom stereocenters. The summed E-state index contributed by atoms with van der Waals surface area (Å²) in [7, 11) is 0. The summed E-state index contributed by atoms with van der Waals surface area (Å²) in [4.78, 5) is 13.2. The van der Waals surface area contributed by atoms with Gasteiger partial charge in [-0.2, -0.15) is 4.74 Å². The van der Waals surface area contributed by atoms with Crippen molar-refractivity contribution in [1.29, 1.82) is 0 Å². The van der Waals surface area contributed by atoms with Crippen LogP contribution in [0.15, 0.2) is 42.5 Å². The van der Waals surface area contributed by atoms with Crippen molar-refractivity contribution < 1.29 is 14.6 Å². The molecule has 0 aliphatic carbocycles. The zero-order chi connectivity index (χ0) is 17.7. The van der Waals surface area contributed by atoms with Crippen LogP contribution in [0.25, 0.3) is 0 Å². The fourth-order valence-corrected chi connectivity index (χ4v) is 2.60. The lowest BCUT2D eigenvalue weighted by Gasteiger charge is -2.20. The molecule has 0 amide bonds. The van der Waals surface area contributed by atoms with Crippen LogP contribution >= 0.6 is 0 Å². The number of rotatable bonds is 6. The fraction of sp³-hybridized carbons (Fsp3) is 0.263. The summed E-state index contributed by atoms with van der Waals surface area (Å²) in [6.07, 6.45) is 1.49. The second kappa shape index (κ2) is 7.64. The average molecular weight is 326 g/mol. The molecule has 5 heteroatoms. The molecular formula is C19H22N2O3. The van der Waals surface area contributed by atoms with Gasteiger partial charge in [0.2, 0.25) is 5.69 Å². The molecule has 24 heavy (non-hydrogen) atoms. The SMILES string of the molecule is CCN(CC)c1ccc(C=[N+]([O-])c2ccc(C(=O)O)cc2C)cc1. The third-order valence-electron chi connectivity index (χ3n) is 3.97. The molecule has 0 saturated carbocycles. The molecule has 2 rings (SSSR count). The van der Waals surface area contributed by atoms with Gasteiger partial charge in [-0.25, -0.2) is 4.79 Å². The number of nitrogens with zero attached hydrogens (tertiary/aromatic N) is 2. The van der Waals surface area contributed by atoms with Gasteiger partial charge in [-0.1, -0.05) is 0 Å². The molecule has 0 aliphatic heterocycles. The molecule has 126 valence electrons. The molecule has 5 nitrogen and oxygen atoms in total. The van der Waals surface area contributed by atoms with Crippen LogP contribution < -0.4 is 4.90 Å². The highest BCUT2D eigenvalue weighted by molar-refractivity contribution is 5.88. The van der Waals surface area contributed by atoms with Crippen molar-refractivity contribution in [3.63, 3.8) is 0 Å². The van der Waals surface area contributed by atoms with Crippen LogP contribution in [0.5, 0.6) is 0 Å². The first-order valence-electron chi connectivity index (χ1n) is 7.96. The van der Waals surface area contributed by atoms with Crippen LogP contribution in [0.4, 0.5) is 11.4 Å². The van der Waals surface area contributed by atoms with Gasteiger partial charge in [0.1, 0.15) is 0 Å². The Bertz CT molecular complexity index is 748. The van der Waals surface area contributed by atoms with E-state index < -0.39 is 5.97 Å². The summed E-state index contributed by atoms with van der Waals surface area (Å²) in [6.45, 7) is 7.80. The first-order chi connectivity index (χ1) is 11.5. The van der Waals surface area contributed by atoms with Crippen molar-refractivity contribution in [2.45, 2.75) is 20.8 Å². The number of aromatic carboxylic acids is 1. The topological polar surface area (TPSA) is 66.6 Å². The number of anilines is 1. The maximum absolute atomic E-state index is 12.4. The largest absolute Gasteiger partial charge is 0.618 e. The van der Waals surface area contributed by atoms with Gasteiger partial charge in [0.15, 0.2) is 6.21 Å². The van der Waals surface area contributed by atoms with Crippen molar-refractivity contribution in [2.75, 3.05) is 18.0 Å². The van der Waals surface area contributed by atoms with Crippen molar-refractivity contribution in [1.82, 2.24) is 0 Å². The number of carboxylic acids is 1. The van der Waals surface area contributed by atoms with E-state index in [1.54, 1.807) is 6.92 Å². The summed E-state index contributed by atoms with van der Waals surface area (Å²) in [5.41, 5.74) is 3.15. The van der Waals surface area contributed by atoms with Crippen molar-refractivity contribution >= 4 is 23.6 Å². The van der Waals surface area contributed by atoms with Crippen molar-refractivity contribution in [3.8, 4) is 0 Å². The van der Waals surface area contributed by atoms with E-state index in [1.165, 1.54) is 24.4 Å². The zero-order valence-corrected chi connectivity index (χ0v) is 14.2. The van der Waals surface area contributed by atoms with E-state index in [-0.39, 0.29) is 5.56 Å². The maximum Gasteiger partial charge on any atom is 0.335 e. The molecule has 2 aromatic rings. The first-order valence-corrected chi connectivity index (χ1v) is 7.96. The molecule has 0 bridgehead atoms. The van der Waals surface area contributed by atoms with Crippen LogP contribution in [0.1, 0.15) is 35.3 Å². The van der Waals surface area contributed by atoms with Gasteiger partial charge in [-0.3, -0.25) is 0 Å². The van der Waals surface area contributed by atoms with Crippen LogP contribution in [0.2, 0.25) is 0 Å². The lowest BCUT2D eigenvalue weighted by atomic mass is 10.1. The van der Waals surface area contributed by atoms with Gasteiger partial charge in [0.05, 0.1) is 5.56 Å².